The first-order valence-corrected chi connectivity index (χ1v) is 8.32. The molecule has 2 aromatic carbocycles. The van der Waals surface area contributed by atoms with Crippen LogP contribution in [0.2, 0.25) is 0 Å². The number of hydrogen-bond acceptors (Lipinski definition) is 4. The first-order chi connectivity index (χ1) is 12.7. The summed E-state index contributed by atoms with van der Waals surface area (Å²) in [7, 11) is 3.69. The first-order valence-electron chi connectivity index (χ1n) is 8.32. The molecule has 0 atom stereocenters. The van der Waals surface area contributed by atoms with Crippen molar-refractivity contribution in [2.24, 2.45) is 0 Å². The molecule has 144 valence electrons. The molecule has 0 aliphatic carbocycles. The van der Waals surface area contributed by atoms with E-state index in [1.807, 2.05) is 19.0 Å². The summed E-state index contributed by atoms with van der Waals surface area (Å²) in [5.41, 5.74) is 0.767. The summed E-state index contributed by atoms with van der Waals surface area (Å²) in [5, 5.41) is 11.0. The number of aryl methyl sites for hydroxylation is 1. The Bertz CT molecular complexity index is 856. The lowest BCUT2D eigenvalue weighted by atomic mass is 10.1. The van der Waals surface area contributed by atoms with Crippen LogP contribution in [0.25, 0.3) is 0 Å². The van der Waals surface area contributed by atoms with E-state index in [0.29, 0.717) is 18.7 Å². The summed E-state index contributed by atoms with van der Waals surface area (Å²) in [5.74, 6) is -1.79. The maximum absolute atomic E-state index is 14.0. The van der Waals surface area contributed by atoms with Gasteiger partial charge in [0.2, 0.25) is 0 Å². The van der Waals surface area contributed by atoms with Crippen molar-refractivity contribution in [2.75, 3.05) is 27.2 Å². The highest BCUT2D eigenvalue weighted by molar-refractivity contribution is 5.94. The molecule has 0 spiro atoms. The monoisotopic (exact) mass is 377 g/mol. The number of hydrogen-bond donors (Lipinski definition) is 0. The van der Waals surface area contributed by atoms with Gasteiger partial charge in [0.15, 0.2) is 0 Å². The van der Waals surface area contributed by atoms with E-state index in [9.17, 15) is 23.7 Å². The molecule has 0 unspecified atom stereocenters. The van der Waals surface area contributed by atoms with E-state index >= 15 is 0 Å². The number of nitro benzene ring substituents is 1. The molecule has 0 aromatic heterocycles. The van der Waals surface area contributed by atoms with Crippen LogP contribution >= 0.6 is 0 Å². The minimum Gasteiger partial charge on any atom is -0.333 e. The predicted molar refractivity (Wildman–Crippen MR) is 97.5 cm³/mol. The highest BCUT2D eigenvalue weighted by Crippen LogP contribution is 2.21. The van der Waals surface area contributed by atoms with Gasteiger partial charge in [-0.25, -0.2) is 8.78 Å². The minimum atomic E-state index is -0.725. The molecule has 0 radical (unpaired) electrons. The molecule has 0 heterocycles. The van der Waals surface area contributed by atoms with Crippen molar-refractivity contribution in [2.45, 2.75) is 13.5 Å². The van der Waals surface area contributed by atoms with Gasteiger partial charge in [0.05, 0.1) is 4.92 Å². The Hall–Kier alpha value is -2.87. The Morgan fingerprint density at radius 3 is 2.37 bits per heavy atom. The normalized spacial score (nSPS) is 10.9. The summed E-state index contributed by atoms with van der Waals surface area (Å²) in [6.07, 6.45) is 0. The smallest absolute Gasteiger partial charge is 0.272 e. The van der Waals surface area contributed by atoms with E-state index in [2.05, 4.69) is 0 Å². The van der Waals surface area contributed by atoms with Crippen LogP contribution in [-0.2, 0) is 6.54 Å². The number of nitro groups is 1. The molecule has 8 heteroatoms. The quantitative estimate of drug-likeness (QED) is 0.548. The molecule has 2 aromatic rings. The standard InChI is InChI=1S/C19H21F2N3O3/c1-13-10-14(5-7-18(13)24(26)27)19(25)23(9-8-22(2)3)12-15-4-6-16(20)11-17(15)21/h4-7,10-11H,8-9,12H2,1-3H3. The number of nitrogens with zero attached hydrogens (tertiary/aromatic N) is 3. The molecule has 0 saturated carbocycles. The highest BCUT2D eigenvalue weighted by Gasteiger charge is 2.20. The number of carbonyl (C=O) groups is 1. The van der Waals surface area contributed by atoms with Gasteiger partial charge in [0.25, 0.3) is 11.6 Å². The van der Waals surface area contributed by atoms with Crippen molar-refractivity contribution in [1.29, 1.82) is 0 Å². The molecule has 2 rings (SSSR count). The SMILES string of the molecule is Cc1cc(C(=O)N(CCN(C)C)Cc2ccc(F)cc2F)ccc1[N+](=O)[O-]. The molecule has 0 saturated heterocycles. The van der Waals surface area contributed by atoms with Crippen LogP contribution in [0.4, 0.5) is 14.5 Å². The van der Waals surface area contributed by atoms with Crippen molar-refractivity contribution < 1.29 is 18.5 Å². The number of rotatable bonds is 7. The van der Waals surface area contributed by atoms with Crippen molar-refractivity contribution >= 4 is 11.6 Å². The van der Waals surface area contributed by atoms with Crippen LogP contribution in [0, 0.1) is 28.7 Å². The van der Waals surface area contributed by atoms with Gasteiger partial charge in [-0.3, -0.25) is 14.9 Å². The summed E-state index contributed by atoms with van der Waals surface area (Å²) < 4.78 is 27.1. The second kappa shape index (κ2) is 8.68. The summed E-state index contributed by atoms with van der Waals surface area (Å²) in [6.45, 7) is 2.38. The highest BCUT2D eigenvalue weighted by atomic mass is 19.1. The molecule has 0 fully saturated rings. The zero-order valence-electron chi connectivity index (χ0n) is 15.4. The lowest BCUT2D eigenvalue weighted by Gasteiger charge is -2.25. The van der Waals surface area contributed by atoms with Crippen molar-refractivity contribution in [1.82, 2.24) is 9.80 Å². The zero-order valence-corrected chi connectivity index (χ0v) is 15.4. The average Bonchev–Trinajstić information content (AvgIpc) is 2.59. The lowest BCUT2D eigenvalue weighted by Crippen LogP contribution is -2.36. The van der Waals surface area contributed by atoms with Crippen LogP contribution in [0.3, 0.4) is 0 Å². The summed E-state index contributed by atoms with van der Waals surface area (Å²) in [4.78, 5) is 26.7. The minimum absolute atomic E-state index is 0.0329. The number of carbonyl (C=O) groups excluding carboxylic acids is 1. The number of halogens is 2. The molecule has 1 amide bonds. The maximum Gasteiger partial charge on any atom is 0.272 e. The maximum atomic E-state index is 14.0. The first kappa shape index (κ1) is 20.4. The van der Waals surface area contributed by atoms with Gasteiger partial charge in [-0.05, 0) is 39.2 Å². The molecular weight excluding hydrogens is 356 g/mol. The van der Waals surface area contributed by atoms with Gasteiger partial charge in [0, 0.05) is 48.5 Å². The molecule has 0 aliphatic heterocycles. The number of amides is 1. The molecule has 0 aliphatic rings. The van der Waals surface area contributed by atoms with E-state index in [1.54, 1.807) is 6.92 Å². The second-order valence-electron chi connectivity index (χ2n) is 6.52. The van der Waals surface area contributed by atoms with Gasteiger partial charge in [0.1, 0.15) is 11.6 Å². The van der Waals surface area contributed by atoms with Crippen LogP contribution in [0.1, 0.15) is 21.5 Å². The van der Waals surface area contributed by atoms with Crippen LogP contribution in [-0.4, -0.2) is 47.8 Å². The van der Waals surface area contributed by atoms with E-state index < -0.39 is 16.6 Å². The second-order valence-corrected chi connectivity index (χ2v) is 6.52. The Kier molecular flexibility index (Phi) is 6.57. The third-order valence-corrected chi connectivity index (χ3v) is 4.12. The Morgan fingerprint density at radius 2 is 1.81 bits per heavy atom. The van der Waals surface area contributed by atoms with Gasteiger partial charge in [-0.1, -0.05) is 6.07 Å². The zero-order chi connectivity index (χ0) is 20.1. The number of benzene rings is 2. The van der Waals surface area contributed by atoms with Crippen molar-refractivity contribution in [3.05, 3.63) is 74.8 Å². The van der Waals surface area contributed by atoms with Crippen molar-refractivity contribution in [3.8, 4) is 0 Å². The van der Waals surface area contributed by atoms with Crippen LogP contribution < -0.4 is 0 Å². The largest absolute Gasteiger partial charge is 0.333 e. The average molecular weight is 377 g/mol. The van der Waals surface area contributed by atoms with Gasteiger partial charge in [-0.15, -0.1) is 0 Å². The van der Waals surface area contributed by atoms with Gasteiger partial charge < -0.3 is 9.80 Å². The molecule has 0 bridgehead atoms. The van der Waals surface area contributed by atoms with Crippen LogP contribution in [0.5, 0.6) is 0 Å². The summed E-state index contributed by atoms with van der Waals surface area (Å²) >= 11 is 0. The fraction of sp³-hybridized carbons (Fsp3) is 0.316. The fourth-order valence-electron chi connectivity index (χ4n) is 2.60. The van der Waals surface area contributed by atoms with E-state index in [4.69, 9.17) is 0 Å². The molecule has 6 nitrogen and oxygen atoms in total. The lowest BCUT2D eigenvalue weighted by molar-refractivity contribution is -0.385. The predicted octanol–water partition coefficient (Wildman–Crippen LogP) is 3.39. The molecular formula is C19H21F2N3O3. The fourth-order valence-corrected chi connectivity index (χ4v) is 2.60. The van der Waals surface area contributed by atoms with Crippen molar-refractivity contribution in [3.63, 3.8) is 0 Å². The number of likely N-dealkylation sites (N-methyl/N-ethyl adjacent to an activating group) is 1. The Labute approximate surface area is 156 Å². The molecule has 0 N–H and O–H groups in total. The van der Waals surface area contributed by atoms with Gasteiger partial charge >= 0.3 is 0 Å². The van der Waals surface area contributed by atoms with E-state index in [1.165, 1.54) is 29.2 Å². The Morgan fingerprint density at radius 1 is 1.11 bits per heavy atom. The van der Waals surface area contributed by atoms with Gasteiger partial charge in [-0.2, -0.15) is 0 Å². The van der Waals surface area contributed by atoms with Crippen LogP contribution in [0.15, 0.2) is 36.4 Å². The Balaban J connectivity index is 2.30. The topological polar surface area (TPSA) is 66.7 Å². The third-order valence-electron chi connectivity index (χ3n) is 4.12. The van der Waals surface area contributed by atoms with E-state index in [0.717, 1.165) is 12.1 Å². The van der Waals surface area contributed by atoms with E-state index in [-0.39, 0.29) is 29.3 Å². The third kappa shape index (κ3) is 5.30. The summed E-state index contributed by atoms with van der Waals surface area (Å²) in [6, 6.07) is 7.34. The molecule has 27 heavy (non-hydrogen) atoms.